The molecule has 180 valence electrons. The van der Waals surface area contributed by atoms with Gasteiger partial charge in [-0.2, -0.15) is 0 Å². The summed E-state index contributed by atoms with van der Waals surface area (Å²) in [6.07, 6.45) is 1.02. The van der Waals surface area contributed by atoms with Crippen LogP contribution in [-0.4, -0.2) is 35.0 Å². The van der Waals surface area contributed by atoms with Crippen LogP contribution in [-0.2, 0) is 24.8 Å². The van der Waals surface area contributed by atoms with Crippen LogP contribution in [0.2, 0.25) is 0 Å². The van der Waals surface area contributed by atoms with E-state index in [2.05, 4.69) is 10.0 Å². The lowest BCUT2D eigenvalue weighted by atomic mass is 10.2. The summed E-state index contributed by atoms with van der Waals surface area (Å²) >= 11 is 0. The first-order chi connectivity index (χ1) is 15.9. The van der Waals surface area contributed by atoms with Crippen LogP contribution in [0.1, 0.15) is 12.5 Å². The molecule has 0 saturated heterocycles. The molecule has 3 aromatic rings. The maximum absolute atomic E-state index is 13.0. The SMILES string of the molecule is Cc1ccc(N([C@@H](C)C(=O)Nc2ccc(S(=O)(=O)Nc3ccc(F)cc3)cc2)S(C)(=O)=O)cc1. The van der Waals surface area contributed by atoms with E-state index < -0.39 is 37.8 Å². The number of carbonyl (C=O) groups excluding carboxylic acids is 1. The average molecular weight is 506 g/mol. The second kappa shape index (κ2) is 9.82. The summed E-state index contributed by atoms with van der Waals surface area (Å²) in [5.41, 5.74) is 1.78. The van der Waals surface area contributed by atoms with Crippen molar-refractivity contribution < 1.29 is 26.0 Å². The van der Waals surface area contributed by atoms with Crippen LogP contribution in [0, 0.1) is 12.7 Å². The summed E-state index contributed by atoms with van der Waals surface area (Å²) in [6.45, 7) is 3.32. The molecule has 2 N–H and O–H groups in total. The van der Waals surface area contributed by atoms with Crippen LogP contribution < -0.4 is 14.3 Å². The molecule has 8 nitrogen and oxygen atoms in total. The fourth-order valence-corrected chi connectivity index (χ4v) is 5.43. The Bertz CT molecular complexity index is 1370. The van der Waals surface area contributed by atoms with E-state index in [0.29, 0.717) is 5.69 Å². The molecule has 1 atom stereocenters. The van der Waals surface area contributed by atoms with E-state index in [1.165, 1.54) is 43.3 Å². The van der Waals surface area contributed by atoms with E-state index in [-0.39, 0.29) is 16.3 Å². The van der Waals surface area contributed by atoms with E-state index in [9.17, 15) is 26.0 Å². The van der Waals surface area contributed by atoms with Crippen LogP contribution in [0.3, 0.4) is 0 Å². The van der Waals surface area contributed by atoms with Crippen molar-refractivity contribution in [2.75, 3.05) is 20.6 Å². The molecule has 0 aromatic heterocycles. The Kier molecular flexibility index (Phi) is 7.27. The van der Waals surface area contributed by atoms with Gasteiger partial charge in [-0.3, -0.25) is 13.8 Å². The Balaban J connectivity index is 1.75. The van der Waals surface area contributed by atoms with Crippen LogP contribution in [0.15, 0.2) is 77.7 Å². The van der Waals surface area contributed by atoms with Gasteiger partial charge in [0.1, 0.15) is 11.9 Å². The van der Waals surface area contributed by atoms with Gasteiger partial charge in [0.2, 0.25) is 15.9 Å². The Morgan fingerprint density at radius 3 is 1.91 bits per heavy atom. The van der Waals surface area contributed by atoms with Crippen LogP contribution in [0.25, 0.3) is 0 Å². The molecule has 0 heterocycles. The van der Waals surface area contributed by atoms with Gasteiger partial charge >= 0.3 is 0 Å². The van der Waals surface area contributed by atoms with Gasteiger partial charge in [0.05, 0.1) is 16.8 Å². The number of nitrogens with one attached hydrogen (secondary N) is 2. The largest absolute Gasteiger partial charge is 0.324 e. The van der Waals surface area contributed by atoms with Gasteiger partial charge in [0.15, 0.2) is 0 Å². The van der Waals surface area contributed by atoms with Gasteiger partial charge < -0.3 is 5.32 Å². The number of hydrogen-bond donors (Lipinski definition) is 2. The number of hydrogen-bond acceptors (Lipinski definition) is 5. The number of benzene rings is 3. The highest BCUT2D eigenvalue weighted by Crippen LogP contribution is 2.23. The van der Waals surface area contributed by atoms with Crippen molar-refractivity contribution in [1.82, 2.24) is 0 Å². The van der Waals surface area contributed by atoms with Gasteiger partial charge in [-0.25, -0.2) is 21.2 Å². The molecule has 3 rings (SSSR count). The second-order valence-corrected chi connectivity index (χ2v) is 11.2. The number of sulfonamides is 2. The highest BCUT2D eigenvalue weighted by molar-refractivity contribution is 7.92. The molecule has 0 aliphatic carbocycles. The van der Waals surface area contributed by atoms with E-state index in [1.54, 1.807) is 24.3 Å². The molecule has 0 bridgehead atoms. The van der Waals surface area contributed by atoms with Gasteiger partial charge in [0.25, 0.3) is 10.0 Å². The standard InChI is InChI=1S/C23H24FN3O5S2/c1-16-4-12-21(13-5-16)27(33(3,29)30)17(2)23(28)25-19-10-14-22(15-11-19)34(31,32)26-20-8-6-18(24)7-9-20/h4-15,17,26H,1-3H3,(H,25,28)/t17-/m0/s1. The van der Waals surface area contributed by atoms with Crippen molar-refractivity contribution in [2.45, 2.75) is 24.8 Å². The number of anilines is 3. The summed E-state index contributed by atoms with van der Waals surface area (Å²) in [7, 11) is -7.70. The lowest BCUT2D eigenvalue weighted by molar-refractivity contribution is -0.116. The van der Waals surface area contributed by atoms with Crippen molar-refractivity contribution >= 4 is 43.0 Å². The van der Waals surface area contributed by atoms with E-state index in [4.69, 9.17) is 0 Å². The van der Waals surface area contributed by atoms with Crippen molar-refractivity contribution in [1.29, 1.82) is 0 Å². The lowest BCUT2D eigenvalue weighted by Crippen LogP contribution is -2.45. The van der Waals surface area contributed by atoms with Gasteiger partial charge in [-0.1, -0.05) is 17.7 Å². The number of amides is 1. The fourth-order valence-electron chi connectivity index (χ4n) is 3.20. The van der Waals surface area contributed by atoms with Crippen molar-refractivity contribution in [3.63, 3.8) is 0 Å². The molecule has 0 unspecified atom stereocenters. The maximum atomic E-state index is 13.0. The minimum atomic E-state index is -3.93. The zero-order valence-corrected chi connectivity index (χ0v) is 20.3. The summed E-state index contributed by atoms with van der Waals surface area (Å²) in [6, 6.07) is 15.9. The number of nitrogens with zero attached hydrogens (tertiary/aromatic N) is 1. The molecular formula is C23H24FN3O5S2. The van der Waals surface area contributed by atoms with E-state index in [1.807, 2.05) is 6.92 Å². The van der Waals surface area contributed by atoms with Crippen molar-refractivity contribution in [3.8, 4) is 0 Å². The molecular weight excluding hydrogens is 481 g/mol. The number of aryl methyl sites for hydroxylation is 1. The smallest absolute Gasteiger partial charge is 0.261 e. The third kappa shape index (κ3) is 6.12. The molecule has 0 radical (unpaired) electrons. The molecule has 0 fully saturated rings. The molecule has 0 saturated carbocycles. The zero-order valence-electron chi connectivity index (χ0n) is 18.7. The topological polar surface area (TPSA) is 113 Å². The quantitative estimate of drug-likeness (QED) is 0.484. The molecule has 34 heavy (non-hydrogen) atoms. The predicted octanol–water partition coefficient (Wildman–Crippen LogP) is 3.73. The number of carbonyl (C=O) groups is 1. The molecule has 0 aliphatic heterocycles. The normalized spacial score (nSPS) is 12.6. The Morgan fingerprint density at radius 1 is 0.853 bits per heavy atom. The van der Waals surface area contributed by atoms with Crippen molar-refractivity contribution in [3.05, 3.63) is 84.2 Å². The Morgan fingerprint density at radius 2 is 1.38 bits per heavy atom. The third-order valence-corrected chi connectivity index (χ3v) is 7.54. The number of halogens is 1. The second-order valence-electron chi connectivity index (χ2n) is 7.70. The molecule has 3 aromatic carbocycles. The van der Waals surface area contributed by atoms with Gasteiger partial charge in [-0.15, -0.1) is 0 Å². The lowest BCUT2D eigenvalue weighted by Gasteiger charge is -2.28. The van der Waals surface area contributed by atoms with E-state index >= 15 is 0 Å². The summed E-state index contributed by atoms with van der Waals surface area (Å²) in [4.78, 5) is 12.7. The molecule has 0 spiro atoms. The third-order valence-electron chi connectivity index (χ3n) is 4.91. The summed E-state index contributed by atoms with van der Waals surface area (Å²) in [5, 5.41) is 2.61. The molecule has 0 aliphatic rings. The highest BCUT2D eigenvalue weighted by Gasteiger charge is 2.29. The first-order valence-electron chi connectivity index (χ1n) is 10.1. The van der Waals surface area contributed by atoms with Crippen molar-refractivity contribution in [2.24, 2.45) is 0 Å². The summed E-state index contributed by atoms with van der Waals surface area (Å²) < 4.78 is 66.3. The first-order valence-corrected chi connectivity index (χ1v) is 13.5. The Labute approximate surface area is 198 Å². The summed E-state index contributed by atoms with van der Waals surface area (Å²) in [5.74, 6) is -1.08. The monoisotopic (exact) mass is 505 g/mol. The first kappa shape index (κ1) is 25.2. The van der Waals surface area contributed by atoms with Crippen LogP contribution in [0.4, 0.5) is 21.5 Å². The van der Waals surface area contributed by atoms with Crippen LogP contribution in [0.5, 0.6) is 0 Å². The van der Waals surface area contributed by atoms with Gasteiger partial charge in [0, 0.05) is 11.4 Å². The van der Waals surface area contributed by atoms with Gasteiger partial charge in [-0.05, 0) is 74.5 Å². The average Bonchev–Trinajstić information content (AvgIpc) is 2.76. The zero-order chi connectivity index (χ0) is 25.1. The highest BCUT2D eigenvalue weighted by atomic mass is 32.2. The minimum Gasteiger partial charge on any atom is -0.324 e. The Hall–Kier alpha value is -3.44. The van der Waals surface area contributed by atoms with Crippen LogP contribution >= 0.6 is 0 Å². The predicted molar refractivity (Wildman–Crippen MR) is 130 cm³/mol. The molecule has 11 heteroatoms. The minimum absolute atomic E-state index is 0.0692. The number of rotatable bonds is 8. The maximum Gasteiger partial charge on any atom is 0.261 e. The van der Waals surface area contributed by atoms with E-state index in [0.717, 1.165) is 28.3 Å². The fraction of sp³-hybridized carbons (Fsp3) is 0.174. The molecule has 1 amide bonds.